The van der Waals surface area contributed by atoms with Gasteiger partial charge in [0.1, 0.15) is 11.2 Å². The largest absolute Gasteiger partial charge is 0.456 e. The second-order valence-electron chi connectivity index (χ2n) is 6.46. The molecule has 1 aliphatic rings. The van der Waals surface area contributed by atoms with E-state index in [1.165, 1.54) is 17.1 Å². The van der Waals surface area contributed by atoms with Crippen molar-refractivity contribution >= 4 is 57.1 Å². The number of thioether (sulfide) groups is 2. The first kappa shape index (κ1) is 16.8. The fourth-order valence-electron chi connectivity index (χ4n) is 3.35. The zero-order chi connectivity index (χ0) is 18.2. The monoisotopic (exact) mass is 391 g/mol. The van der Waals surface area contributed by atoms with E-state index < -0.39 is 0 Å². The first-order valence-corrected chi connectivity index (χ1v) is 10.9. The number of rotatable bonds is 3. The van der Waals surface area contributed by atoms with Crippen LogP contribution in [0.1, 0.15) is 20.5 Å². The molecule has 27 heavy (non-hydrogen) atoms. The molecule has 5 rings (SSSR count). The van der Waals surface area contributed by atoms with Crippen molar-refractivity contribution in [1.82, 2.24) is 0 Å². The molecule has 1 amide bonds. The normalized spacial score (nSPS) is 14.8. The van der Waals surface area contributed by atoms with E-state index in [1.54, 1.807) is 0 Å². The third kappa shape index (κ3) is 3.22. The maximum absolute atomic E-state index is 12.6. The van der Waals surface area contributed by atoms with E-state index in [-0.39, 0.29) is 5.91 Å². The molecule has 0 radical (unpaired) electrons. The average Bonchev–Trinajstić information content (AvgIpc) is 3.36. The van der Waals surface area contributed by atoms with Crippen LogP contribution in [0.4, 0.5) is 5.69 Å². The summed E-state index contributed by atoms with van der Waals surface area (Å²) in [6, 6.07) is 21.6. The molecule has 134 valence electrons. The predicted molar refractivity (Wildman–Crippen MR) is 116 cm³/mol. The van der Waals surface area contributed by atoms with Crippen LogP contribution in [-0.4, -0.2) is 17.4 Å². The van der Waals surface area contributed by atoms with Gasteiger partial charge in [0.2, 0.25) is 0 Å². The minimum atomic E-state index is -0.0968. The van der Waals surface area contributed by atoms with Gasteiger partial charge in [-0.2, -0.15) is 0 Å². The predicted octanol–water partition coefficient (Wildman–Crippen LogP) is 6.32. The highest BCUT2D eigenvalue weighted by atomic mass is 32.2. The van der Waals surface area contributed by atoms with E-state index in [9.17, 15) is 4.79 Å². The Morgan fingerprint density at radius 3 is 2.44 bits per heavy atom. The van der Waals surface area contributed by atoms with Crippen LogP contribution in [0.3, 0.4) is 0 Å². The van der Waals surface area contributed by atoms with E-state index in [1.807, 2.05) is 78.1 Å². The number of anilines is 1. The van der Waals surface area contributed by atoms with Gasteiger partial charge in [0.25, 0.3) is 5.91 Å². The van der Waals surface area contributed by atoms with Gasteiger partial charge in [-0.15, -0.1) is 23.5 Å². The summed E-state index contributed by atoms with van der Waals surface area (Å²) in [4.78, 5) is 12.6. The number of nitrogens with one attached hydrogen (secondary N) is 1. The van der Waals surface area contributed by atoms with Crippen LogP contribution in [0.5, 0.6) is 0 Å². The molecule has 3 aromatic carbocycles. The maximum atomic E-state index is 12.6. The van der Waals surface area contributed by atoms with Crippen LogP contribution in [0.2, 0.25) is 0 Å². The number of amides is 1. The molecule has 2 heterocycles. The summed E-state index contributed by atoms with van der Waals surface area (Å²) in [5.41, 5.74) is 4.40. The Balaban J connectivity index is 1.39. The van der Waals surface area contributed by atoms with Crippen LogP contribution >= 0.6 is 23.5 Å². The second kappa shape index (κ2) is 6.98. The van der Waals surface area contributed by atoms with Crippen molar-refractivity contribution in [2.75, 3.05) is 16.8 Å². The smallest absolute Gasteiger partial charge is 0.255 e. The average molecular weight is 392 g/mol. The van der Waals surface area contributed by atoms with Crippen LogP contribution < -0.4 is 5.32 Å². The number of carbonyl (C=O) groups excluding carboxylic acids is 1. The summed E-state index contributed by atoms with van der Waals surface area (Å²) >= 11 is 3.94. The molecule has 0 saturated carbocycles. The van der Waals surface area contributed by atoms with Gasteiger partial charge in [-0.25, -0.2) is 0 Å². The topological polar surface area (TPSA) is 42.2 Å². The number of para-hydroxylation sites is 1. The van der Waals surface area contributed by atoms with Crippen molar-refractivity contribution in [2.24, 2.45) is 0 Å². The molecule has 0 bridgehead atoms. The number of fused-ring (bicyclic) bond motifs is 3. The van der Waals surface area contributed by atoms with Crippen molar-refractivity contribution in [3.63, 3.8) is 0 Å². The third-order valence-corrected chi connectivity index (χ3v) is 7.81. The lowest BCUT2D eigenvalue weighted by atomic mass is 10.1. The van der Waals surface area contributed by atoms with Gasteiger partial charge in [0.15, 0.2) is 0 Å². The molecular formula is C22H17NO2S2. The van der Waals surface area contributed by atoms with Gasteiger partial charge in [0, 0.05) is 33.5 Å². The highest BCUT2D eigenvalue weighted by Crippen LogP contribution is 2.45. The standard InChI is InChI=1S/C22H17NO2S2/c24-21(14-5-7-15(8-6-14)22-26-11-12-27-22)23-16-9-10-20-18(13-16)17-3-1-2-4-19(17)25-20/h1-10,13,22H,11-12H2,(H,23,24). The lowest BCUT2D eigenvalue weighted by molar-refractivity contribution is 0.102. The highest BCUT2D eigenvalue weighted by molar-refractivity contribution is 8.19. The van der Waals surface area contributed by atoms with Crippen molar-refractivity contribution in [2.45, 2.75) is 4.58 Å². The summed E-state index contributed by atoms with van der Waals surface area (Å²) in [5.74, 6) is 2.30. The van der Waals surface area contributed by atoms with Gasteiger partial charge in [-0.05, 0) is 42.0 Å². The summed E-state index contributed by atoms with van der Waals surface area (Å²) in [7, 11) is 0. The van der Waals surface area contributed by atoms with Crippen molar-refractivity contribution in [3.05, 3.63) is 77.9 Å². The Morgan fingerprint density at radius 2 is 1.63 bits per heavy atom. The molecule has 1 saturated heterocycles. The molecule has 0 atom stereocenters. The van der Waals surface area contributed by atoms with Crippen LogP contribution in [0.15, 0.2) is 71.1 Å². The summed E-state index contributed by atoms with van der Waals surface area (Å²) in [6.45, 7) is 0. The van der Waals surface area contributed by atoms with E-state index in [0.717, 1.165) is 27.6 Å². The molecule has 0 spiro atoms. The highest BCUT2D eigenvalue weighted by Gasteiger charge is 2.18. The zero-order valence-corrected chi connectivity index (χ0v) is 16.1. The Labute approximate surface area is 165 Å². The molecule has 0 unspecified atom stereocenters. The molecule has 1 aliphatic heterocycles. The fourth-order valence-corrected chi connectivity index (χ4v) is 6.21. The summed E-state index contributed by atoms with van der Waals surface area (Å²) < 4.78 is 6.34. The van der Waals surface area contributed by atoms with E-state index in [4.69, 9.17) is 4.42 Å². The first-order chi connectivity index (χ1) is 13.3. The molecular weight excluding hydrogens is 374 g/mol. The fraction of sp³-hybridized carbons (Fsp3) is 0.136. The molecule has 1 fully saturated rings. The number of hydrogen-bond donors (Lipinski definition) is 1. The number of hydrogen-bond acceptors (Lipinski definition) is 4. The summed E-state index contributed by atoms with van der Waals surface area (Å²) in [5, 5.41) is 5.07. The third-order valence-electron chi connectivity index (χ3n) is 4.70. The number of furan rings is 1. The van der Waals surface area contributed by atoms with Crippen molar-refractivity contribution < 1.29 is 9.21 Å². The molecule has 0 aliphatic carbocycles. The van der Waals surface area contributed by atoms with Gasteiger partial charge in [-0.1, -0.05) is 30.3 Å². The molecule has 5 heteroatoms. The first-order valence-electron chi connectivity index (χ1n) is 8.84. The minimum absolute atomic E-state index is 0.0968. The van der Waals surface area contributed by atoms with E-state index in [0.29, 0.717) is 10.1 Å². The zero-order valence-electron chi connectivity index (χ0n) is 14.5. The SMILES string of the molecule is O=C(Nc1ccc2oc3ccccc3c2c1)c1ccc(C2SCCS2)cc1. The van der Waals surface area contributed by atoms with Crippen LogP contribution in [0.25, 0.3) is 21.9 Å². The quantitative estimate of drug-likeness (QED) is 0.444. The lowest BCUT2D eigenvalue weighted by Gasteiger charge is -2.10. The Bertz CT molecular complexity index is 1130. The Morgan fingerprint density at radius 1 is 0.889 bits per heavy atom. The van der Waals surface area contributed by atoms with Gasteiger partial charge < -0.3 is 9.73 Å². The Hall–Kier alpha value is -2.37. The maximum Gasteiger partial charge on any atom is 0.255 e. The molecule has 1 aromatic heterocycles. The lowest BCUT2D eigenvalue weighted by Crippen LogP contribution is -2.11. The van der Waals surface area contributed by atoms with E-state index >= 15 is 0 Å². The Kier molecular flexibility index (Phi) is 4.34. The second-order valence-corrected chi connectivity index (χ2v) is 9.18. The van der Waals surface area contributed by atoms with Crippen molar-refractivity contribution in [3.8, 4) is 0 Å². The van der Waals surface area contributed by atoms with Gasteiger partial charge in [0.05, 0.1) is 4.58 Å². The minimum Gasteiger partial charge on any atom is -0.456 e. The number of benzene rings is 3. The molecule has 4 aromatic rings. The van der Waals surface area contributed by atoms with Gasteiger partial charge in [-0.3, -0.25) is 4.79 Å². The van der Waals surface area contributed by atoms with Crippen LogP contribution in [0, 0.1) is 0 Å². The van der Waals surface area contributed by atoms with Gasteiger partial charge >= 0.3 is 0 Å². The summed E-state index contributed by atoms with van der Waals surface area (Å²) in [6.07, 6.45) is 0. The molecule has 1 N–H and O–H groups in total. The van der Waals surface area contributed by atoms with Crippen molar-refractivity contribution in [1.29, 1.82) is 0 Å². The molecule has 3 nitrogen and oxygen atoms in total. The van der Waals surface area contributed by atoms with E-state index in [2.05, 4.69) is 17.4 Å². The number of carbonyl (C=O) groups is 1. The van der Waals surface area contributed by atoms with Crippen LogP contribution in [-0.2, 0) is 0 Å².